The fourth-order valence-corrected chi connectivity index (χ4v) is 3.31. The summed E-state index contributed by atoms with van der Waals surface area (Å²) < 4.78 is 0. The highest BCUT2D eigenvalue weighted by molar-refractivity contribution is 5.94. The van der Waals surface area contributed by atoms with Crippen LogP contribution in [-0.4, -0.2) is 22.5 Å². The molecule has 2 aliphatic rings. The smallest absolute Gasteiger partial charge is 0.221 e. The lowest BCUT2D eigenvalue weighted by Crippen LogP contribution is -2.55. The lowest BCUT2D eigenvalue weighted by atomic mass is 9.94. The zero-order chi connectivity index (χ0) is 13.0. The van der Waals surface area contributed by atoms with Crippen molar-refractivity contribution in [2.45, 2.75) is 63.3 Å². The number of nitrogens with two attached hydrogens (primary N) is 1. The maximum absolute atomic E-state index is 12.1. The first-order valence-corrected chi connectivity index (χ1v) is 6.95. The zero-order valence-electron chi connectivity index (χ0n) is 10.8. The van der Waals surface area contributed by atoms with Gasteiger partial charge in [-0.15, -0.1) is 0 Å². The average molecular weight is 253 g/mol. The topological polar surface area (TPSA) is 87.7 Å². The summed E-state index contributed by atoms with van der Waals surface area (Å²) >= 11 is 0. The van der Waals surface area contributed by atoms with Gasteiger partial charge in [0, 0.05) is 6.42 Å². The van der Waals surface area contributed by atoms with E-state index < -0.39 is 5.54 Å². The number of rotatable bonds is 4. The second-order valence-corrected chi connectivity index (χ2v) is 5.68. The van der Waals surface area contributed by atoms with Gasteiger partial charge in [-0.3, -0.25) is 4.79 Å². The van der Waals surface area contributed by atoms with Crippen LogP contribution >= 0.6 is 0 Å². The molecule has 5 nitrogen and oxygen atoms in total. The number of amides is 1. The van der Waals surface area contributed by atoms with Crippen molar-refractivity contribution in [2.24, 2.45) is 16.8 Å². The van der Waals surface area contributed by atoms with Crippen LogP contribution in [0.5, 0.6) is 0 Å². The minimum absolute atomic E-state index is 0.0513. The molecule has 0 aliphatic heterocycles. The lowest BCUT2D eigenvalue weighted by Gasteiger charge is -2.29. The quantitative estimate of drug-likeness (QED) is 0.308. The van der Waals surface area contributed by atoms with E-state index in [0.29, 0.717) is 12.3 Å². The highest BCUT2D eigenvalue weighted by atomic mass is 16.4. The maximum Gasteiger partial charge on any atom is 0.221 e. The first kappa shape index (κ1) is 13.2. The number of amidine groups is 1. The third-order valence-corrected chi connectivity index (χ3v) is 4.38. The van der Waals surface area contributed by atoms with E-state index in [-0.39, 0.29) is 11.7 Å². The van der Waals surface area contributed by atoms with Crippen LogP contribution < -0.4 is 11.1 Å². The molecule has 2 aliphatic carbocycles. The standard InChI is InChI=1S/C13H23N3O2/c14-12(16-18)13(7-3-4-8-13)15-11(17)9-10-5-1-2-6-10/h10,18H,1-9H2,(H2,14,16)(H,15,17). The first-order valence-electron chi connectivity index (χ1n) is 6.95. The van der Waals surface area contributed by atoms with Gasteiger partial charge in [0.15, 0.2) is 5.84 Å². The van der Waals surface area contributed by atoms with Crippen LogP contribution in [0.2, 0.25) is 0 Å². The molecule has 0 atom stereocenters. The molecule has 0 bridgehead atoms. The zero-order valence-corrected chi connectivity index (χ0v) is 10.8. The van der Waals surface area contributed by atoms with Crippen molar-refractivity contribution in [3.05, 3.63) is 0 Å². The minimum atomic E-state index is -0.593. The van der Waals surface area contributed by atoms with Crippen LogP contribution in [0.3, 0.4) is 0 Å². The number of nitrogens with one attached hydrogen (secondary N) is 1. The number of nitrogens with zero attached hydrogens (tertiary/aromatic N) is 1. The van der Waals surface area contributed by atoms with Crippen molar-refractivity contribution < 1.29 is 10.0 Å². The van der Waals surface area contributed by atoms with Gasteiger partial charge in [-0.1, -0.05) is 30.8 Å². The van der Waals surface area contributed by atoms with E-state index >= 15 is 0 Å². The Morgan fingerprint density at radius 3 is 2.44 bits per heavy atom. The van der Waals surface area contributed by atoms with Crippen molar-refractivity contribution in [2.75, 3.05) is 0 Å². The van der Waals surface area contributed by atoms with Gasteiger partial charge in [0.1, 0.15) is 5.54 Å². The number of hydrogen-bond acceptors (Lipinski definition) is 3. The fourth-order valence-electron chi connectivity index (χ4n) is 3.31. The average Bonchev–Trinajstić information content (AvgIpc) is 3.00. The molecule has 0 heterocycles. The van der Waals surface area contributed by atoms with E-state index in [0.717, 1.165) is 38.5 Å². The number of carbonyl (C=O) groups excluding carboxylic acids is 1. The van der Waals surface area contributed by atoms with Gasteiger partial charge in [-0.05, 0) is 31.6 Å². The molecular weight excluding hydrogens is 230 g/mol. The molecule has 0 radical (unpaired) electrons. The third-order valence-electron chi connectivity index (χ3n) is 4.38. The SMILES string of the molecule is N/C(=N/O)C1(NC(=O)CC2CCCC2)CCCC1. The predicted molar refractivity (Wildman–Crippen MR) is 69.3 cm³/mol. The summed E-state index contributed by atoms with van der Waals surface area (Å²) in [5.74, 6) is 0.728. The first-order chi connectivity index (χ1) is 8.66. The Kier molecular flexibility index (Phi) is 4.09. The third kappa shape index (κ3) is 2.76. The maximum atomic E-state index is 12.1. The molecule has 0 aromatic rings. The molecule has 5 heteroatoms. The van der Waals surface area contributed by atoms with Gasteiger partial charge in [0.25, 0.3) is 0 Å². The summed E-state index contributed by atoms with van der Waals surface area (Å²) in [5.41, 5.74) is 5.16. The second kappa shape index (κ2) is 5.59. The molecule has 1 amide bonds. The summed E-state index contributed by atoms with van der Waals surface area (Å²) in [6.07, 6.45) is 8.96. The molecule has 2 saturated carbocycles. The van der Waals surface area contributed by atoms with E-state index in [1.165, 1.54) is 12.8 Å². The van der Waals surface area contributed by atoms with Crippen LogP contribution in [0.25, 0.3) is 0 Å². The van der Waals surface area contributed by atoms with Gasteiger partial charge in [0.2, 0.25) is 5.91 Å². The van der Waals surface area contributed by atoms with Gasteiger partial charge in [-0.2, -0.15) is 0 Å². The Bertz CT molecular complexity index is 329. The molecule has 0 aromatic heterocycles. The van der Waals surface area contributed by atoms with E-state index in [2.05, 4.69) is 10.5 Å². The van der Waals surface area contributed by atoms with Crippen LogP contribution in [0, 0.1) is 5.92 Å². The molecule has 18 heavy (non-hydrogen) atoms. The highest BCUT2D eigenvalue weighted by Gasteiger charge is 2.40. The summed E-state index contributed by atoms with van der Waals surface area (Å²) in [7, 11) is 0. The van der Waals surface area contributed by atoms with Crippen molar-refractivity contribution >= 4 is 11.7 Å². The fraction of sp³-hybridized carbons (Fsp3) is 0.846. The summed E-state index contributed by atoms with van der Waals surface area (Å²) in [5, 5.41) is 15.0. The van der Waals surface area contributed by atoms with Crippen molar-refractivity contribution in [3.8, 4) is 0 Å². The van der Waals surface area contributed by atoms with E-state index in [1.54, 1.807) is 0 Å². The van der Waals surface area contributed by atoms with Crippen LogP contribution in [-0.2, 0) is 4.79 Å². The predicted octanol–water partition coefficient (Wildman–Crippen LogP) is 1.74. The Morgan fingerprint density at radius 1 is 1.28 bits per heavy atom. The molecule has 2 fully saturated rings. The molecule has 102 valence electrons. The molecule has 0 spiro atoms. The molecule has 0 aromatic carbocycles. The van der Waals surface area contributed by atoms with Crippen molar-refractivity contribution in [3.63, 3.8) is 0 Å². The number of hydrogen-bond donors (Lipinski definition) is 3. The van der Waals surface area contributed by atoms with Crippen LogP contribution in [0.4, 0.5) is 0 Å². The molecule has 0 saturated heterocycles. The molecule has 0 unspecified atom stereocenters. The Balaban J connectivity index is 1.94. The minimum Gasteiger partial charge on any atom is -0.409 e. The summed E-state index contributed by atoms with van der Waals surface area (Å²) in [6.45, 7) is 0. The van der Waals surface area contributed by atoms with Crippen LogP contribution in [0.1, 0.15) is 57.8 Å². The number of carbonyl (C=O) groups is 1. The molecule has 2 rings (SSSR count). The Morgan fingerprint density at radius 2 is 1.89 bits per heavy atom. The van der Waals surface area contributed by atoms with Crippen molar-refractivity contribution in [1.82, 2.24) is 5.32 Å². The monoisotopic (exact) mass is 253 g/mol. The van der Waals surface area contributed by atoms with Gasteiger partial charge >= 0.3 is 0 Å². The Labute approximate surface area is 108 Å². The highest BCUT2D eigenvalue weighted by Crippen LogP contribution is 2.31. The van der Waals surface area contributed by atoms with E-state index in [1.807, 2.05) is 0 Å². The lowest BCUT2D eigenvalue weighted by molar-refractivity contribution is -0.123. The largest absolute Gasteiger partial charge is 0.409 e. The van der Waals surface area contributed by atoms with Gasteiger partial charge < -0.3 is 16.3 Å². The van der Waals surface area contributed by atoms with Gasteiger partial charge in [-0.25, -0.2) is 0 Å². The van der Waals surface area contributed by atoms with Gasteiger partial charge in [0.05, 0.1) is 0 Å². The summed E-state index contributed by atoms with van der Waals surface area (Å²) in [6, 6.07) is 0. The summed E-state index contributed by atoms with van der Waals surface area (Å²) in [4.78, 5) is 12.1. The molecular formula is C13H23N3O2. The van der Waals surface area contributed by atoms with E-state index in [9.17, 15) is 4.79 Å². The van der Waals surface area contributed by atoms with Crippen LogP contribution in [0.15, 0.2) is 5.16 Å². The normalized spacial score (nSPS) is 24.3. The molecule has 4 N–H and O–H groups in total. The number of oxime groups is 1. The van der Waals surface area contributed by atoms with E-state index in [4.69, 9.17) is 10.9 Å². The second-order valence-electron chi connectivity index (χ2n) is 5.68. The van der Waals surface area contributed by atoms with Crippen molar-refractivity contribution in [1.29, 1.82) is 0 Å². The Hall–Kier alpha value is -1.26.